The van der Waals surface area contributed by atoms with Crippen molar-refractivity contribution in [2.45, 2.75) is 6.92 Å². The van der Waals surface area contributed by atoms with E-state index in [1.807, 2.05) is 18.6 Å². The lowest BCUT2D eigenvalue weighted by molar-refractivity contribution is 0.101. The molecule has 84 valence electrons. The summed E-state index contributed by atoms with van der Waals surface area (Å²) in [5, 5.41) is 9.02. The summed E-state index contributed by atoms with van der Waals surface area (Å²) in [6.45, 7) is 1.78. The monoisotopic (exact) mass is 253 g/mol. The molecule has 16 heavy (non-hydrogen) atoms. The number of nitrogens with zero attached hydrogens (tertiary/aromatic N) is 1. The van der Waals surface area contributed by atoms with Gasteiger partial charge in [0.05, 0.1) is 10.5 Å². The average molecular weight is 253 g/mol. The molecule has 0 radical (unpaired) electrons. The van der Waals surface area contributed by atoms with Gasteiger partial charge in [0.15, 0.2) is 5.76 Å². The lowest BCUT2D eigenvalue weighted by Gasteiger charge is -2.02. The van der Waals surface area contributed by atoms with Gasteiger partial charge in [0.1, 0.15) is 11.6 Å². The van der Waals surface area contributed by atoms with Crippen LogP contribution in [-0.4, -0.2) is 18.3 Å². The van der Waals surface area contributed by atoms with Crippen LogP contribution in [0.3, 0.4) is 0 Å². The summed E-state index contributed by atoms with van der Waals surface area (Å²) < 4.78 is 5.81. The number of rotatable bonds is 4. The molecule has 3 nitrogen and oxygen atoms in total. The molecule has 0 amide bonds. The van der Waals surface area contributed by atoms with E-state index in [2.05, 4.69) is 0 Å². The van der Waals surface area contributed by atoms with Crippen molar-refractivity contribution in [3.05, 3.63) is 33.5 Å². The number of allylic oxidation sites excluding steroid dienone is 1. The van der Waals surface area contributed by atoms with Crippen LogP contribution < -0.4 is 0 Å². The van der Waals surface area contributed by atoms with Crippen molar-refractivity contribution < 1.29 is 9.21 Å². The highest BCUT2D eigenvalue weighted by Gasteiger charge is 2.21. The van der Waals surface area contributed by atoms with Crippen LogP contribution in [0.25, 0.3) is 0 Å². The number of ketones is 1. The van der Waals surface area contributed by atoms with E-state index < -0.39 is 0 Å². The van der Waals surface area contributed by atoms with Crippen molar-refractivity contribution in [1.29, 1.82) is 5.26 Å². The Labute approximate surface area is 103 Å². The van der Waals surface area contributed by atoms with Crippen molar-refractivity contribution in [3.8, 4) is 6.07 Å². The van der Waals surface area contributed by atoms with E-state index in [0.717, 1.165) is 5.56 Å². The van der Waals surface area contributed by atoms with Gasteiger partial charge >= 0.3 is 0 Å². The van der Waals surface area contributed by atoms with E-state index in [1.165, 1.54) is 29.8 Å². The first-order valence-electron chi connectivity index (χ1n) is 4.46. The Hall–Kier alpha value is -1.12. The highest BCUT2D eigenvalue weighted by atomic mass is 32.2. The first-order valence-corrected chi connectivity index (χ1v) is 6.91. The largest absolute Gasteiger partial charge is 0.461 e. The van der Waals surface area contributed by atoms with Crippen LogP contribution in [0.15, 0.2) is 26.6 Å². The number of nitriles is 1. The number of aryl methyl sites for hydroxylation is 1. The number of hydrogen-bond donors (Lipinski definition) is 0. The maximum absolute atomic E-state index is 12.0. The molecule has 0 N–H and O–H groups in total. The highest BCUT2D eigenvalue weighted by molar-refractivity contribution is 8.21. The first kappa shape index (κ1) is 12.9. The highest BCUT2D eigenvalue weighted by Crippen LogP contribution is 2.29. The molecular formula is C11H11NO2S2. The fourth-order valence-electron chi connectivity index (χ4n) is 1.20. The second kappa shape index (κ2) is 5.83. The normalized spacial score (nSPS) is 9.62. The van der Waals surface area contributed by atoms with Gasteiger partial charge in [-0.1, -0.05) is 0 Å². The first-order chi connectivity index (χ1) is 7.65. The van der Waals surface area contributed by atoms with Crippen LogP contribution >= 0.6 is 23.5 Å². The Morgan fingerprint density at radius 3 is 2.44 bits per heavy atom. The third-order valence-corrected chi connectivity index (χ3v) is 4.13. The summed E-state index contributed by atoms with van der Waals surface area (Å²) in [4.78, 5) is 12.0. The smallest absolute Gasteiger partial charge is 0.240 e. The van der Waals surface area contributed by atoms with Gasteiger partial charge in [0.2, 0.25) is 5.78 Å². The van der Waals surface area contributed by atoms with Crippen LogP contribution in [0, 0.1) is 18.3 Å². The van der Waals surface area contributed by atoms with Crippen LogP contribution in [0.2, 0.25) is 0 Å². The van der Waals surface area contributed by atoms with Gasteiger partial charge in [-0.15, -0.1) is 23.5 Å². The number of Topliss-reactive ketones (excluding diaryl/α,β-unsaturated/α-hetero) is 1. The molecule has 0 aliphatic heterocycles. The van der Waals surface area contributed by atoms with E-state index in [0.29, 0.717) is 4.24 Å². The molecule has 0 unspecified atom stereocenters. The summed E-state index contributed by atoms with van der Waals surface area (Å²) >= 11 is 2.78. The van der Waals surface area contributed by atoms with Crippen molar-refractivity contribution in [1.82, 2.24) is 0 Å². The predicted molar refractivity (Wildman–Crippen MR) is 67.4 cm³/mol. The summed E-state index contributed by atoms with van der Waals surface area (Å²) in [5.74, 6) is -0.0964. The standard InChI is InChI=1S/C11H11NO2S2/c1-7-4-5-14-10(7)9(13)8(6-12)11(15-2)16-3/h4-5H,1-3H3. The SMILES string of the molecule is CSC(SC)=C(C#N)C(=O)c1occc1C. The Balaban J connectivity index is 3.19. The van der Waals surface area contributed by atoms with E-state index >= 15 is 0 Å². The van der Waals surface area contributed by atoms with Crippen molar-refractivity contribution >= 4 is 29.3 Å². The Morgan fingerprint density at radius 2 is 2.06 bits per heavy atom. The molecule has 0 bridgehead atoms. The predicted octanol–water partition coefficient (Wildman–Crippen LogP) is 3.23. The molecule has 0 saturated carbocycles. The van der Waals surface area contributed by atoms with Gasteiger partial charge in [0.25, 0.3) is 0 Å². The quantitative estimate of drug-likeness (QED) is 0.468. The minimum Gasteiger partial charge on any atom is -0.461 e. The van der Waals surface area contributed by atoms with Gasteiger partial charge in [-0.25, -0.2) is 0 Å². The zero-order valence-electron chi connectivity index (χ0n) is 9.23. The number of carbonyl (C=O) groups is 1. The van der Waals surface area contributed by atoms with Gasteiger partial charge in [-0.3, -0.25) is 4.79 Å². The van der Waals surface area contributed by atoms with E-state index in [-0.39, 0.29) is 17.1 Å². The minimum atomic E-state index is -0.344. The fraction of sp³-hybridized carbons (Fsp3) is 0.273. The Bertz CT molecular complexity index is 463. The summed E-state index contributed by atoms with van der Waals surface area (Å²) in [6, 6.07) is 3.66. The Kier molecular flexibility index (Phi) is 4.71. The maximum Gasteiger partial charge on any atom is 0.240 e. The molecule has 0 spiro atoms. The van der Waals surface area contributed by atoms with E-state index in [9.17, 15) is 4.79 Å². The van der Waals surface area contributed by atoms with Crippen molar-refractivity contribution in [2.24, 2.45) is 0 Å². The molecule has 0 aromatic carbocycles. The molecule has 5 heteroatoms. The average Bonchev–Trinajstić information content (AvgIpc) is 2.71. The second-order valence-electron chi connectivity index (χ2n) is 2.94. The molecule has 0 fully saturated rings. The molecule has 1 heterocycles. The zero-order valence-corrected chi connectivity index (χ0v) is 10.9. The van der Waals surface area contributed by atoms with E-state index in [1.54, 1.807) is 13.0 Å². The van der Waals surface area contributed by atoms with Crippen molar-refractivity contribution in [2.75, 3.05) is 12.5 Å². The summed E-state index contributed by atoms with van der Waals surface area (Å²) in [7, 11) is 0. The topological polar surface area (TPSA) is 54.0 Å². The summed E-state index contributed by atoms with van der Waals surface area (Å²) in [5.41, 5.74) is 0.900. The molecule has 0 aliphatic rings. The van der Waals surface area contributed by atoms with Gasteiger partial charge in [-0.05, 0) is 31.1 Å². The molecule has 1 rings (SSSR count). The van der Waals surface area contributed by atoms with E-state index in [4.69, 9.17) is 9.68 Å². The molecule has 0 saturated heterocycles. The molecule has 1 aromatic heterocycles. The van der Waals surface area contributed by atoms with Crippen LogP contribution in [0.5, 0.6) is 0 Å². The second-order valence-corrected chi connectivity index (χ2v) is 4.84. The van der Waals surface area contributed by atoms with Gasteiger partial charge in [-0.2, -0.15) is 5.26 Å². The lowest BCUT2D eigenvalue weighted by Crippen LogP contribution is -2.03. The molecule has 0 atom stereocenters. The third kappa shape index (κ3) is 2.52. The molecular weight excluding hydrogens is 242 g/mol. The maximum atomic E-state index is 12.0. The minimum absolute atomic E-state index is 0.151. The van der Waals surface area contributed by atoms with Crippen molar-refractivity contribution in [3.63, 3.8) is 0 Å². The van der Waals surface area contributed by atoms with Gasteiger partial charge < -0.3 is 4.42 Å². The van der Waals surface area contributed by atoms with Crippen LogP contribution in [0.1, 0.15) is 16.1 Å². The third-order valence-electron chi connectivity index (χ3n) is 1.98. The van der Waals surface area contributed by atoms with Crippen LogP contribution in [-0.2, 0) is 0 Å². The number of furan rings is 1. The number of thioether (sulfide) groups is 2. The number of hydrogen-bond acceptors (Lipinski definition) is 5. The summed E-state index contributed by atoms with van der Waals surface area (Å²) in [6.07, 6.45) is 5.13. The lowest BCUT2D eigenvalue weighted by atomic mass is 10.1. The zero-order chi connectivity index (χ0) is 12.1. The number of carbonyl (C=O) groups excluding carboxylic acids is 1. The van der Waals surface area contributed by atoms with Crippen LogP contribution in [0.4, 0.5) is 0 Å². The van der Waals surface area contributed by atoms with Gasteiger partial charge in [0, 0.05) is 0 Å². The molecule has 0 aliphatic carbocycles. The molecule has 1 aromatic rings. The fourth-order valence-corrected chi connectivity index (χ4v) is 2.55. The Morgan fingerprint density at radius 1 is 1.44 bits per heavy atom.